The molecule has 0 amide bonds. The molecule has 72 valence electrons. The topological polar surface area (TPSA) is 18.5 Å². The van der Waals surface area contributed by atoms with Gasteiger partial charge >= 0.3 is 0 Å². The Morgan fingerprint density at radius 3 is 2.50 bits per heavy atom. The maximum absolute atomic E-state index is 13.7. The quantitative estimate of drug-likeness (QED) is 0.654. The summed E-state index contributed by atoms with van der Waals surface area (Å²) in [5.74, 6) is 0. The molecule has 0 spiro atoms. The molecule has 1 aliphatic rings. The highest BCUT2D eigenvalue weighted by Gasteiger charge is 2.32. The van der Waals surface area contributed by atoms with Crippen molar-refractivity contribution in [1.82, 2.24) is 0 Å². The SMILES string of the molecule is CC(C)OCC1(F)CCOCC1. The Balaban J connectivity index is 2.26. The van der Waals surface area contributed by atoms with Crippen LogP contribution in [0.4, 0.5) is 4.39 Å². The summed E-state index contributed by atoms with van der Waals surface area (Å²) in [5.41, 5.74) is -1.14. The first-order chi connectivity index (χ1) is 5.62. The van der Waals surface area contributed by atoms with Crippen molar-refractivity contribution in [3.63, 3.8) is 0 Å². The van der Waals surface area contributed by atoms with Gasteiger partial charge in [-0.15, -0.1) is 0 Å². The van der Waals surface area contributed by atoms with Crippen LogP contribution in [0, 0.1) is 0 Å². The molecule has 0 aliphatic carbocycles. The van der Waals surface area contributed by atoms with E-state index in [9.17, 15) is 4.39 Å². The molecule has 1 fully saturated rings. The van der Waals surface area contributed by atoms with E-state index in [2.05, 4.69) is 0 Å². The zero-order valence-electron chi connectivity index (χ0n) is 7.81. The molecule has 0 N–H and O–H groups in total. The molecule has 0 aromatic rings. The molecule has 1 saturated heterocycles. The van der Waals surface area contributed by atoms with E-state index in [-0.39, 0.29) is 12.7 Å². The summed E-state index contributed by atoms with van der Waals surface area (Å²) in [5, 5.41) is 0. The van der Waals surface area contributed by atoms with Crippen molar-refractivity contribution in [2.45, 2.75) is 38.5 Å². The molecule has 1 aliphatic heterocycles. The summed E-state index contributed by atoms with van der Waals surface area (Å²) in [6.07, 6.45) is 1.06. The van der Waals surface area contributed by atoms with Crippen molar-refractivity contribution >= 4 is 0 Å². The maximum Gasteiger partial charge on any atom is 0.138 e. The summed E-state index contributed by atoms with van der Waals surface area (Å²) in [7, 11) is 0. The Labute approximate surface area is 73.0 Å². The van der Waals surface area contributed by atoms with Crippen LogP contribution >= 0.6 is 0 Å². The fourth-order valence-corrected chi connectivity index (χ4v) is 1.20. The zero-order chi connectivity index (χ0) is 9.03. The van der Waals surface area contributed by atoms with Gasteiger partial charge in [-0.05, 0) is 13.8 Å². The highest BCUT2D eigenvalue weighted by molar-refractivity contribution is 4.81. The summed E-state index contributed by atoms with van der Waals surface area (Å²) in [6.45, 7) is 5.11. The number of halogens is 1. The van der Waals surface area contributed by atoms with Crippen molar-refractivity contribution < 1.29 is 13.9 Å². The minimum Gasteiger partial charge on any atom is -0.381 e. The Kier molecular flexibility index (Phi) is 3.47. The summed E-state index contributed by atoms with van der Waals surface area (Å²) >= 11 is 0. The molecule has 0 unspecified atom stereocenters. The molecule has 12 heavy (non-hydrogen) atoms. The molecule has 0 atom stereocenters. The fourth-order valence-electron chi connectivity index (χ4n) is 1.20. The van der Waals surface area contributed by atoms with Crippen molar-refractivity contribution in [2.75, 3.05) is 19.8 Å². The van der Waals surface area contributed by atoms with Gasteiger partial charge in [0.2, 0.25) is 0 Å². The maximum atomic E-state index is 13.7. The fraction of sp³-hybridized carbons (Fsp3) is 1.00. The predicted octanol–water partition coefficient (Wildman–Crippen LogP) is 1.93. The van der Waals surface area contributed by atoms with E-state index in [1.165, 1.54) is 0 Å². The molecule has 0 bridgehead atoms. The molecule has 1 rings (SSSR count). The second-order valence-electron chi connectivity index (χ2n) is 3.62. The van der Waals surface area contributed by atoms with Crippen LogP contribution in [-0.2, 0) is 9.47 Å². The third-order valence-corrected chi connectivity index (χ3v) is 2.06. The molecule has 0 aromatic heterocycles. The average Bonchev–Trinajstić information content (AvgIpc) is 2.03. The number of hydrogen-bond acceptors (Lipinski definition) is 2. The molecule has 0 saturated carbocycles. The van der Waals surface area contributed by atoms with Crippen LogP contribution in [0.5, 0.6) is 0 Å². The third kappa shape index (κ3) is 3.07. The lowest BCUT2D eigenvalue weighted by atomic mass is 9.98. The second kappa shape index (κ2) is 4.19. The Morgan fingerprint density at radius 1 is 1.42 bits per heavy atom. The van der Waals surface area contributed by atoms with Crippen LogP contribution < -0.4 is 0 Å². The smallest absolute Gasteiger partial charge is 0.138 e. The first kappa shape index (κ1) is 9.93. The number of hydrogen-bond donors (Lipinski definition) is 0. The van der Waals surface area contributed by atoms with Crippen LogP contribution in [-0.4, -0.2) is 31.6 Å². The van der Waals surface area contributed by atoms with Gasteiger partial charge in [0.15, 0.2) is 0 Å². The Hall–Kier alpha value is -0.150. The first-order valence-corrected chi connectivity index (χ1v) is 4.51. The second-order valence-corrected chi connectivity index (χ2v) is 3.62. The standard InChI is InChI=1S/C9H17FO2/c1-8(2)12-7-9(10)3-5-11-6-4-9/h8H,3-7H2,1-2H3. The van der Waals surface area contributed by atoms with Gasteiger partial charge in [-0.25, -0.2) is 4.39 Å². The van der Waals surface area contributed by atoms with Gasteiger partial charge in [0, 0.05) is 26.1 Å². The third-order valence-electron chi connectivity index (χ3n) is 2.06. The van der Waals surface area contributed by atoms with Crippen LogP contribution in [0.25, 0.3) is 0 Å². The minimum absolute atomic E-state index is 0.112. The van der Waals surface area contributed by atoms with Crippen LogP contribution in [0.1, 0.15) is 26.7 Å². The monoisotopic (exact) mass is 176 g/mol. The molecule has 0 radical (unpaired) electrons. The Bertz CT molecular complexity index is 130. The van der Waals surface area contributed by atoms with Gasteiger partial charge in [0.05, 0.1) is 12.7 Å². The number of rotatable bonds is 3. The Morgan fingerprint density at radius 2 is 2.00 bits per heavy atom. The summed E-state index contributed by atoms with van der Waals surface area (Å²) in [4.78, 5) is 0. The predicted molar refractivity (Wildman–Crippen MR) is 45.0 cm³/mol. The van der Waals surface area contributed by atoms with Gasteiger partial charge in [-0.2, -0.15) is 0 Å². The van der Waals surface area contributed by atoms with Gasteiger partial charge < -0.3 is 9.47 Å². The van der Waals surface area contributed by atoms with Gasteiger partial charge in [0.1, 0.15) is 5.67 Å². The summed E-state index contributed by atoms with van der Waals surface area (Å²) < 4.78 is 24.1. The van der Waals surface area contributed by atoms with Crippen molar-refractivity contribution in [1.29, 1.82) is 0 Å². The number of alkyl halides is 1. The normalized spacial score (nSPS) is 23.0. The zero-order valence-corrected chi connectivity index (χ0v) is 7.81. The average molecular weight is 176 g/mol. The molecule has 0 aromatic carbocycles. The lowest BCUT2D eigenvalue weighted by molar-refractivity contribution is -0.0719. The lowest BCUT2D eigenvalue weighted by Gasteiger charge is -2.29. The highest BCUT2D eigenvalue weighted by atomic mass is 19.1. The van der Waals surface area contributed by atoms with E-state index in [1.54, 1.807) is 0 Å². The highest BCUT2D eigenvalue weighted by Crippen LogP contribution is 2.25. The molecular formula is C9H17FO2. The van der Waals surface area contributed by atoms with Crippen LogP contribution in [0.15, 0.2) is 0 Å². The van der Waals surface area contributed by atoms with Crippen molar-refractivity contribution in [2.24, 2.45) is 0 Å². The van der Waals surface area contributed by atoms with E-state index < -0.39 is 5.67 Å². The van der Waals surface area contributed by atoms with Crippen LogP contribution in [0.2, 0.25) is 0 Å². The molecule has 3 heteroatoms. The van der Waals surface area contributed by atoms with E-state index in [4.69, 9.17) is 9.47 Å². The largest absolute Gasteiger partial charge is 0.381 e. The van der Waals surface area contributed by atoms with Crippen molar-refractivity contribution in [3.8, 4) is 0 Å². The first-order valence-electron chi connectivity index (χ1n) is 4.51. The van der Waals surface area contributed by atoms with Gasteiger partial charge in [-0.1, -0.05) is 0 Å². The molecule has 1 heterocycles. The van der Waals surface area contributed by atoms with E-state index in [0.717, 1.165) is 0 Å². The molecule has 2 nitrogen and oxygen atoms in total. The number of ether oxygens (including phenoxy) is 2. The van der Waals surface area contributed by atoms with E-state index in [1.807, 2.05) is 13.8 Å². The van der Waals surface area contributed by atoms with E-state index >= 15 is 0 Å². The van der Waals surface area contributed by atoms with E-state index in [0.29, 0.717) is 26.1 Å². The lowest BCUT2D eigenvalue weighted by Crippen LogP contribution is -2.37. The van der Waals surface area contributed by atoms with Crippen molar-refractivity contribution in [3.05, 3.63) is 0 Å². The molecular weight excluding hydrogens is 159 g/mol. The minimum atomic E-state index is -1.14. The van der Waals surface area contributed by atoms with Gasteiger partial charge in [0.25, 0.3) is 0 Å². The van der Waals surface area contributed by atoms with Crippen LogP contribution in [0.3, 0.4) is 0 Å². The summed E-state index contributed by atoms with van der Waals surface area (Å²) in [6, 6.07) is 0. The van der Waals surface area contributed by atoms with Gasteiger partial charge in [-0.3, -0.25) is 0 Å².